The third-order valence-corrected chi connectivity index (χ3v) is 7.84. The molecule has 0 fully saturated rings. The standard InChI is InChI=1S/C28H24N2O2S2/c1-32-24-14-12-23(13-15-24)27-18-25(22-10-6-3-7-11-22)26(19-29)28(30-27)33-16-17-34(31)20-21-8-4-2-5-9-21/h2-15,18H,16-17,20H2,1H3. The van der Waals surface area contributed by atoms with Gasteiger partial charge in [-0.1, -0.05) is 60.7 Å². The molecule has 0 aliphatic carbocycles. The highest BCUT2D eigenvalue weighted by Crippen LogP contribution is 2.34. The summed E-state index contributed by atoms with van der Waals surface area (Å²) in [7, 11) is 0.653. The Labute approximate surface area is 207 Å². The monoisotopic (exact) mass is 484 g/mol. The van der Waals surface area contributed by atoms with Gasteiger partial charge in [0.25, 0.3) is 0 Å². The summed E-state index contributed by atoms with van der Waals surface area (Å²) in [6, 6.07) is 31.8. The highest BCUT2D eigenvalue weighted by atomic mass is 32.2. The maximum absolute atomic E-state index is 12.6. The molecule has 0 amide bonds. The van der Waals surface area contributed by atoms with E-state index >= 15 is 0 Å². The number of benzene rings is 3. The van der Waals surface area contributed by atoms with Crippen molar-refractivity contribution in [2.75, 3.05) is 18.6 Å². The molecule has 0 bridgehead atoms. The second-order valence-electron chi connectivity index (χ2n) is 7.56. The summed E-state index contributed by atoms with van der Waals surface area (Å²) < 4.78 is 17.9. The van der Waals surface area contributed by atoms with Gasteiger partial charge in [-0.15, -0.1) is 11.8 Å². The number of nitrogens with zero attached hydrogens (tertiary/aromatic N) is 2. The summed E-state index contributed by atoms with van der Waals surface area (Å²) in [5, 5.41) is 10.7. The molecule has 0 radical (unpaired) electrons. The number of ether oxygens (including phenoxy) is 1. The molecule has 3 aromatic carbocycles. The minimum atomic E-state index is -0.985. The van der Waals surface area contributed by atoms with Crippen molar-refractivity contribution in [3.8, 4) is 34.2 Å². The molecule has 0 aliphatic heterocycles. The van der Waals surface area contributed by atoms with Gasteiger partial charge in [0.1, 0.15) is 16.8 Å². The summed E-state index contributed by atoms with van der Waals surface area (Å²) in [5.41, 5.74) is 5.14. The molecular weight excluding hydrogens is 460 g/mol. The molecule has 170 valence electrons. The Morgan fingerprint density at radius 2 is 1.62 bits per heavy atom. The topological polar surface area (TPSA) is 63.0 Å². The number of rotatable bonds is 9. The first-order valence-electron chi connectivity index (χ1n) is 10.8. The summed E-state index contributed by atoms with van der Waals surface area (Å²) >= 11 is 1.48. The van der Waals surface area contributed by atoms with E-state index in [4.69, 9.17) is 9.72 Å². The van der Waals surface area contributed by atoms with Crippen LogP contribution in [0.3, 0.4) is 0 Å². The van der Waals surface area contributed by atoms with Crippen LogP contribution in [-0.2, 0) is 16.6 Å². The molecule has 1 atom stereocenters. The third kappa shape index (κ3) is 5.93. The van der Waals surface area contributed by atoms with E-state index in [1.54, 1.807) is 7.11 Å². The van der Waals surface area contributed by atoms with Crippen LogP contribution < -0.4 is 4.74 Å². The Morgan fingerprint density at radius 3 is 2.26 bits per heavy atom. The summed E-state index contributed by atoms with van der Waals surface area (Å²) in [5.74, 6) is 2.44. The maximum Gasteiger partial charge on any atom is 0.118 e. The van der Waals surface area contributed by atoms with Gasteiger partial charge < -0.3 is 4.74 Å². The third-order valence-electron chi connectivity index (χ3n) is 5.29. The van der Waals surface area contributed by atoms with Crippen molar-refractivity contribution < 1.29 is 8.95 Å². The predicted octanol–water partition coefficient (Wildman–Crippen LogP) is 6.34. The molecule has 4 rings (SSSR count). The highest BCUT2D eigenvalue weighted by molar-refractivity contribution is 8.00. The van der Waals surface area contributed by atoms with Crippen molar-refractivity contribution in [2.24, 2.45) is 0 Å². The van der Waals surface area contributed by atoms with Crippen molar-refractivity contribution in [2.45, 2.75) is 10.8 Å². The molecule has 1 unspecified atom stereocenters. The van der Waals surface area contributed by atoms with E-state index in [9.17, 15) is 9.47 Å². The molecule has 0 saturated heterocycles. The first-order valence-corrected chi connectivity index (χ1v) is 13.3. The maximum atomic E-state index is 12.6. The van der Waals surface area contributed by atoms with Gasteiger partial charge >= 0.3 is 0 Å². The Bertz CT molecular complexity index is 1300. The normalized spacial score (nSPS) is 11.5. The first kappa shape index (κ1) is 23.7. The second-order valence-corrected chi connectivity index (χ2v) is 10.2. The zero-order valence-corrected chi connectivity index (χ0v) is 20.4. The van der Waals surface area contributed by atoms with Crippen LogP contribution in [-0.4, -0.2) is 27.8 Å². The number of aromatic nitrogens is 1. The average Bonchev–Trinajstić information content (AvgIpc) is 2.89. The Morgan fingerprint density at radius 1 is 0.941 bits per heavy atom. The van der Waals surface area contributed by atoms with E-state index in [1.165, 1.54) is 11.8 Å². The Balaban J connectivity index is 1.62. The van der Waals surface area contributed by atoms with Gasteiger partial charge in [-0.3, -0.25) is 4.21 Å². The second kappa shape index (κ2) is 11.6. The van der Waals surface area contributed by atoms with Crippen LogP contribution in [0.4, 0.5) is 0 Å². The molecule has 0 aliphatic rings. The van der Waals surface area contributed by atoms with Crippen molar-refractivity contribution in [3.05, 3.63) is 102 Å². The van der Waals surface area contributed by atoms with Crippen LogP contribution >= 0.6 is 11.8 Å². The van der Waals surface area contributed by atoms with E-state index in [0.717, 1.165) is 33.7 Å². The lowest BCUT2D eigenvalue weighted by Crippen LogP contribution is -2.04. The fraction of sp³-hybridized carbons (Fsp3) is 0.143. The van der Waals surface area contributed by atoms with Crippen LogP contribution in [0.1, 0.15) is 11.1 Å². The number of nitriles is 1. The SMILES string of the molecule is COc1ccc(-c2cc(-c3ccccc3)c(C#N)c(SCCS(=O)Cc3ccccc3)n2)cc1. The summed E-state index contributed by atoms with van der Waals surface area (Å²) in [4.78, 5) is 4.84. The van der Waals surface area contributed by atoms with Crippen molar-refractivity contribution in [1.29, 1.82) is 5.26 Å². The average molecular weight is 485 g/mol. The number of hydrogen-bond acceptors (Lipinski definition) is 5. The molecule has 0 N–H and O–H groups in total. The van der Waals surface area contributed by atoms with Crippen LogP contribution in [0.2, 0.25) is 0 Å². The predicted molar refractivity (Wildman–Crippen MR) is 140 cm³/mol. The zero-order chi connectivity index (χ0) is 23.8. The molecule has 4 nitrogen and oxygen atoms in total. The number of pyridine rings is 1. The zero-order valence-electron chi connectivity index (χ0n) is 18.8. The highest BCUT2D eigenvalue weighted by Gasteiger charge is 2.16. The van der Waals surface area contributed by atoms with Gasteiger partial charge in [0.2, 0.25) is 0 Å². The van der Waals surface area contributed by atoms with Crippen LogP contribution in [0.5, 0.6) is 5.75 Å². The van der Waals surface area contributed by atoms with Gasteiger partial charge in [0.05, 0.1) is 18.4 Å². The Kier molecular flexibility index (Phi) is 8.13. The largest absolute Gasteiger partial charge is 0.497 e. The summed E-state index contributed by atoms with van der Waals surface area (Å²) in [6.07, 6.45) is 0. The molecule has 1 heterocycles. The van der Waals surface area contributed by atoms with Gasteiger partial charge in [-0.25, -0.2) is 4.98 Å². The first-order chi connectivity index (χ1) is 16.7. The van der Waals surface area contributed by atoms with Gasteiger partial charge in [-0.2, -0.15) is 5.26 Å². The van der Waals surface area contributed by atoms with Crippen LogP contribution in [0.15, 0.2) is 96.0 Å². The minimum absolute atomic E-state index is 0.527. The molecule has 0 saturated carbocycles. The van der Waals surface area contributed by atoms with Crippen molar-refractivity contribution in [3.63, 3.8) is 0 Å². The van der Waals surface area contributed by atoms with Crippen molar-refractivity contribution in [1.82, 2.24) is 4.98 Å². The minimum Gasteiger partial charge on any atom is -0.497 e. The fourth-order valence-electron chi connectivity index (χ4n) is 3.55. The van der Waals surface area contributed by atoms with Crippen LogP contribution in [0.25, 0.3) is 22.4 Å². The molecular formula is C28H24N2O2S2. The van der Waals surface area contributed by atoms with Gasteiger partial charge in [0, 0.05) is 39.2 Å². The van der Waals surface area contributed by atoms with E-state index in [-0.39, 0.29) is 0 Å². The lowest BCUT2D eigenvalue weighted by molar-refractivity contribution is 0.415. The quantitative estimate of drug-likeness (QED) is 0.260. The fourth-order valence-corrected chi connectivity index (χ4v) is 5.99. The van der Waals surface area contributed by atoms with E-state index in [0.29, 0.717) is 27.8 Å². The molecule has 6 heteroatoms. The van der Waals surface area contributed by atoms with Gasteiger partial charge in [0.15, 0.2) is 0 Å². The van der Waals surface area contributed by atoms with Crippen molar-refractivity contribution >= 4 is 22.6 Å². The smallest absolute Gasteiger partial charge is 0.118 e. The van der Waals surface area contributed by atoms with Crippen LogP contribution in [0, 0.1) is 11.3 Å². The number of thioether (sulfide) groups is 1. The molecule has 0 spiro atoms. The van der Waals surface area contributed by atoms with E-state index in [2.05, 4.69) is 6.07 Å². The molecule has 1 aromatic heterocycles. The molecule has 4 aromatic rings. The summed E-state index contributed by atoms with van der Waals surface area (Å²) in [6.45, 7) is 0. The van der Waals surface area contributed by atoms with Gasteiger partial charge in [-0.05, 0) is 41.5 Å². The Hall–Kier alpha value is -3.40. The van der Waals surface area contributed by atoms with E-state index in [1.807, 2.05) is 91.0 Å². The number of methoxy groups -OCH3 is 1. The van der Waals surface area contributed by atoms with E-state index < -0.39 is 10.8 Å². The lowest BCUT2D eigenvalue weighted by Gasteiger charge is -2.13. The lowest BCUT2D eigenvalue weighted by atomic mass is 9.99. The number of hydrogen-bond donors (Lipinski definition) is 0. The molecule has 34 heavy (non-hydrogen) atoms.